The van der Waals surface area contributed by atoms with Gasteiger partial charge in [0, 0.05) is 59.5 Å². The molecule has 654 valence electrons. The molecule has 7 aliphatic rings. The van der Waals surface area contributed by atoms with E-state index < -0.39 is 254 Å². The average molecular weight is 1770 g/mol. The van der Waals surface area contributed by atoms with Crippen molar-refractivity contribution in [1.29, 1.82) is 0 Å². The number of benzene rings is 6. The predicted molar refractivity (Wildman–Crippen MR) is 433 cm³/mol. The van der Waals surface area contributed by atoms with Crippen LogP contribution in [-0.4, -0.2) is 213 Å². The van der Waals surface area contributed by atoms with Gasteiger partial charge in [-0.2, -0.15) is 4.98 Å². The molecule has 0 aliphatic carbocycles. The monoisotopic (exact) mass is 1760 g/mol. The first-order valence-electron chi connectivity index (χ1n) is 38.4. The Labute approximate surface area is 714 Å². The molecule has 18 atom stereocenters. The van der Waals surface area contributed by atoms with Crippen LogP contribution in [0.2, 0.25) is 15.1 Å². The van der Waals surface area contributed by atoms with Gasteiger partial charge in [-0.1, -0.05) is 79.0 Å². The third-order valence-electron chi connectivity index (χ3n) is 21.2. The summed E-state index contributed by atoms with van der Waals surface area (Å²) in [5.74, 6) is -16.7. The minimum Gasteiger partial charge on any atom is -0.508 e. The van der Waals surface area contributed by atoms with Crippen molar-refractivity contribution in [3.05, 3.63) is 180 Å². The van der Waals surface area contributed by atoms with E-state index in [9.17, 15) is 79.9 Å². The largest absolute Gasteiger partial charge is 0.508 e. The fourth-order valence-electron chi connectivity index (χ4n) is 14.8. The highest BCUT2D eigenvalue weighted by atomic mass is 35.5. The number of aliphatic hydroxyl groups is 6. The van der Waals surface area contributed by atoms with Crippen LogP contribution in [-0.2, 0) is 63.9 Å². The number of likely N-dealkylation sites (N-methyl/N-ethyl adjacent to an activating group) is 1. The molecule has 9 amide bonds. The van der Waals surface area contributed by atoms with E-state index in [1.807, 2.05) is 13.8 Å². The van der Waals surface area contributed by atoms with Crippen molar-refractivity contribution >= 4 is 99.9 Å². The van der Waals surface area contributed by atoms with Crippen molar-refractivity contribution in [2.45, 2.75) is 163 Å². The Morgan fingerprint density at radius 1 is 0.724 bits per heavy atom. The lowest BCUT2D eigenvalue weighted by atomic mass is 9.85. The molecule has 2 fully saturated rings. The van der Waals surface area contributed by atoms with Gasteiger partial charge in [-0.05, 0) is 145 Å². The summed E-state index contributed by atoms with van der Waals surface area (Å²) < 4.78 is 40.5. The normalized spacial score (nSPS) is 26.2. The van der Waals surface area contributed by atoms with E-state index in [2.05, 4.69) is 52.8 Å². The molecule has 11 bridgehead atoms. The van der Waals surface area contributed by atoms with Crippen LogP contribution in [0.15, 0.2) is 126 Å². The summed E-state index contributed by atoms with van der Waals surface area (Å²) in [6.07, 6.45) is -15.4. The van der Waals surface area contributed by atoms with Crippen LogP contribution in [0.1, 0.15) is 111 Å². The summed E-state index contributed by atoms with van der Waals surface area (Å²) in [6.45, 7) is 5.58. The van der Waals surface area contributed by atoms with Crippen LogP contribution in [0.3, 0.4) is 0 Å². The number of fused-ring (bicyclic) bond motifs is 15. The van der Waals surface area contributed by atoms with E-state index in [-0.39, 0.29) is 60.1 Å². The lowest BCUT2D eigenvalue weighted by Gasteiger charge is -2.48. The van der Waals surface area contributed by atoms with Crippen LogP contribution in [0.4, 0.5) is 5.82 Å². The average Bonchev–Trinajstić information content (AvgIpc) is 0.764. The maximum absolute atomic E-state index is 16.3. The van der Waals surface area contributed by atoms with Gasteiger partial charge in [0.05, 0.1) is 41.3 Å². The maximum atomic E-state index is 16.3. The van der Waals surface area contributed by atoms with Gasteiger partial charge in [-0.15, -0.1) is 0 Å². The highest BCUT2D eigenvalue weighted by molar-refractivity contribution is 6.32. The van der Waals surface area contributed by atoms with Crippen molar-refractivity contribution < 1.29 is 123 Å². The number of carbonyl (C=O) groups excluding carboxylic acids is 9. The smallest absolute Gasteiger partial charge is 0.349 e. The number of halogens is 3. The van der Waals surface area contributed by atoms with Crippen LogP contribution in [0, 0.1) is 5.92 Å². The van der Waals surface area contributed by atoms with E-state index in [4.69, 9.17) is 69.0 Å². The number of hydrogen-bond acceptors (Lipinski definition) is 29. The van der Waals surface area contributed by atoms with Gasteiger partial charge in [0.2, 0.25) is 59.3 Å². The molecule has 39 nitrogen and oxygen atoms in total. The second-order valence-corrected chi connectivity index (χ2v) is 31.6. The van der Waals surface area contributed by atoms with Crippen molar-refractivity contribution in [3.8, 4) is 57.1 Å². The number of carbonyl (C=O) groups is 9. The first-order valence-corrected chi connectivity index (χ1v) is 39.5. The molecule has 123 heavy (non-hydrogen) atoms. The van der Waals surface area contributed by atoms with Crippen molar-refractivity contribution in [2.75, 3.05) is 25.5 Å². The number of primary amides is 1. The zero-order valence-electron chi connectivity index (χ0n) is 65.9. The topological polar surface area (TPSA) is 593 Å². The standard InChI is InChI=1S/C81H88Cl3N13O26/c1-33(2)22-46(86-5)72(109)94-63-65(104)37-10-15-50(44(83)24-37)119-52-26-39-27-53(69(52)123-79-70(68(107)67(106)54(32-98)121-79)122-58-31-81(4,71(108)34(3)118-58)87-19-21-97-20-18-56(90-80(97)116)89-57(103)17-8-35-6-12-40(82)13-7-35)120-51-16-11-38(25-45(51)84)66(105)64-77(114)93-62(78(115)96-117)43-28-41(99)29-49(101)59(43)42-23-36(9-14-48(42)100)60(74(111)95-64)92-75(112)61(39)91-73(110)47(30-55(85)102)88-76(63)113/h6-18,20,23-29,33-34,46-47,54,58,60-68,70-71,79,86-87,98-101,104-108,117H,19,21-22,30-32H2,1-5H3,(H2,85,102)(H,88,113)(H,91,110)(H,92,112)(H,93,114)(H,94,109)(H,95,111)(H,96,115)(H,89,90,103,116)/b17-8+/t34-,46-,47+,54+,58+,60+,61?,62-,63-,64-,65-,66+,67-,68+,70-,71+,79-,81+/m1/s1. The number of nitrogens with one attached hydrogen (secondary N) is 10. The molecule has 6 aromatic carbocycles. The number of nitrogens with zero attached hydrogens (tertiary/aromatic N) is 2. The first kappa shape index (κ1) is 90.6. The Morgan fingerprint density at radius 2 is 1.37 bits per heavy atom. The Balaban J connectivity index is 0.995. The minimum absolute atomic E-state index is 0.0367. The fourth-order valence-corrected chi connectivity index (χ4v) is 15.3. The number of ether oxygens (including phenoxy) is 6. The first-order chi connectivity index (χ1) is 58.4. The molecular weight excluding hydrogens is 1680 g/mol. The molecular formula is C81H88Cl3N13O26. The van der Waals surface area contributed by atoms with Crippen molar-refractivity contribution in [2.24, 2.45) is 11.7 Å². The predicted octanol–water partition coefficient (Wildman–Crippen LogP) is 1.72. The van der Waals surface area contributed by atoms with Gasteiger partial charge in [-0.25, -0.2) is 10.3 Å². The third kappa shape index (κ3) is 20.5. The SMILES string of the molecule is CN[C@H](CC(C)C)C(=O)N[C@H]1C(=O)N[C@@H](CC(N)=O)C(=O)NC2C(=O)N[C@@H]3C(=O)N[C@@H](C(=O)N[C@@H](C(=O)NO)c4cc(O)cc(O)c4-c4cc3ccc4O)[C@@H](O)c3ccc(c(Cl)c3)Oc3cc2cc(c3O[C@H]2O[C@@H](CO)[C@@H](O)[C@H](O)[C@H]2O[C@H]2C[C@](C)(NCCn3ccc(NC(=O)/C=C/c4ccc(Cl)cc4)nc3=O)[C@@H](O)[C@@H](C)O2)Oc2ccc(cc2Cl)[C@H]1O. The van der Waals surface area contributed by atoms with Gasteiger partial charge < -0.3 is 128 Å². The van der Waals surface area contributed by atoms with Gasteiger partial charge in [0.25, 0.3) is 5.91 Å². The third-order valence-corrected chi connectivity index (χ3v) is 22.0. The number of amides is 9. The molecule has 1 aromatic heterocycles. The summed E-state index contributed by atoms with van der Waals surface area (Å²) in [7, 11) is 1.46. The number of rotatable bonds is 20. The Kier molecular flexibility index (Phi) is 28.3. The Bertz CT molecular complexity index is 5320. The van der Waals surface area contributed by atoms with Gasteiger partial charge in [0.1, 0.15) is 101 Å². The molecule has 22 N–H and O–H groups in total. The molecule has 0 radical (unpaired) electrons. The minimum atomic E-state index is -2.40. The van der Waals surface area contributed by atoms with Gasteiger partial charge in [0.15, 0.2) is 23.9 Å². The van der Waals surface area contributed by atoms with E-state index in [1.165, 1.54) is 60.6 Å². The van der Waals surface area contributed by atoms with Crippen LogP contribution >= 0.6 is 34.8 Å². The number of anilines is 1. The van der Waals surface area contributed by atoms with Crippen LogP contribution in [0.5, 0.6) is 46.0 Å². The Morgan fingerprint density at radius 3 is 1.99 bits per heavy atom. The molecule has 0 saturated carbocycles. The number of hydroxylamine groups is 1. The van der Waals surface area contributed by atoms with Crippen molar-refractivity contribution in [3.63, 3.8) is 0 Å². The van der Waals surface area contributed by atoms with E-state index in [1.54, 1.807) is 31.2 Å². The number of aromatic nitrogens is 2. The molecule has 1 unspecified atom stereocenters. The number of hydrogen-bond donors (Lipinski definition) is 21. The second-order valence-electron chi connectivity index (χ2n) is 30.4. The molecule has 8 heterocycles. The Hall–Kier alpha value is -11.6. The number of aliphatic hydroxyl groups excluding tert-OH is 6. The summed E-state index contributed by atoms with van der Waals surface area (Å²) in [5.41, 5.74) is 2.74. The molecule has 2 saturated heterocycles. The summed E-state index contributed by atoms with van der Waals surface area (Å²) in [6, 6.07) is 7.13. The van der Waals surface area contributed by atoms with Gasteiger partial charge in [-0.3, -0.25) is 52.9 Å². The lowest BCUT2D eigenvalue weighted by molar-refractivity contribution is -0.334. The number of aromatic hydroxyl groups is 3. The maximum Gasteiger partial charge on any atom is 0.349 e. The van der Waals surface area contributed by atoms with Gasteiger partial charge >= 0.3 is 5.69 Å². The molecule has 7 aromatic rings. The molecule has 0 spiro atoms. The summed E-state index contributed by atoms with van der Waals surface area (Å²) >= 11 is 20.3. The second kappa shape index (κ2) is 38.4. The zero-order chi connectivity index (χ0) is 88.9. The van der Waals surface area contributed by atoms with E-state index in [0.717, 1.165) is 66.7 Å². The number of nitrogens with two attached hydrogens (primary N) is 1. The molecule has 14 rings (SSSR count). The highest BCUT2D eigenvalue weighted by Gasteiger charge is 2.52. The summed E-state index contributed by atoms with van der Waals surface area (Å²) in [4.78, 5) is 149. The van der Waals surface area contributed by atoms with Crippen LogP contribution < -0.4 is 79.0 Å². The van der Waals surface area contributed by atoms with Crippen molar-refractivity contribution in [1.82, 2.24) is 57.6 Å². The van der Waals surface area contributed by atoms with E-state index in [0.29, 0.717) is 10.6 Å². The summed E-state index contributed by atoms with van der Waals surface area (Å²) in [5, 5.41) is 139. The molecule has 7 aliphatic heterocycles. The number of phenols is 3. The lowest BCUT2D eigenvalue weighted by Crippen LogP contribution is -2.65. The number of phenolic OH excluding ortho intramolecular Hbond substituents is 3. The van der Waals surface area contributed by atoms with Crippen LogP contribution in [0.25, 0.3) is 17.2 Å². The quantitative estimate of drug-likeness (QED) is 0.0293. The zero-order valence-corrected chi connectivity index (χ0v) is 68.1. The molecule has 42 heteroatoms. The highest BCUT2D eigenvalue weighted by Crippen LogP contribution is 2.50. The fraction of sp³-hybridized carbons (Fsp3) is 0.370. The van der Waals surface area contributed by atoms with E-state index >= 15 is 19.2 Å².